The van der Waals surface area contributed by atoms with Crippen LogP contribution >= 0.6 is 22.6 Å². The molecule has 1 heterocycles. The number of rotatable bonds is 4. The highest BCUT2D eigenvalue weighted by Gasteiger charge is 2.15. The Hall–Kier alpha value is -1.23. The SMILES string of the molecule is C=CCOc1ccc(C2=CCC(I)C(=C)N2)cc1. The van der Waals surface area contributed by atoms with Gasteiger partial charge >= 0.3 is 0 Å². The van der Waals surface area contributed by atoms with Crippen LogP contribution in [0.15, 0.2) is 55.3 Å². The molecule has 1 atom stereocenters. The van der Waals surface area contributed by atoms with E-state index in [1.165, 1.54) is 0 Å². The number of benzene rings is 1. The van der Waals surface area contributed by atoms with Crippen LogP contribution in [0.25, 0.3) is 5.70 Å². The second kappa shape index (κ2) is 6.09. The summed E-state index contributed by atoms with van der Waals surface area (Å²) in [7, 11) is 0. The summed E-state index contributed by atoms with van der Waals surface area (Å²) in [4.78, 5) is 0. The minimum absolute atomic E-state index is 0.474. The predicted octanol–water partition coefficient (Wildman–Crippen LogP) is 3.90. The topological polar surface area (TPSA) is 21.3 Å². The molecule has 3 heteroatoms. The Labute approximate surface area is 122 Å². The van der Waals surface area contributed by atoms with Gasteiger partial charge < -0.3 is 10.1 Å². The third kappa shape index (κ3) is 3.16. The minimum Gasteiger partial charge on any atom is -0.490 e. The molecule has 2 rings (SSSR count). The highest BCUT2D eigenvalue weighted by Crippen LogP contribution is 2.26. The van der Waals surface area contributed by atoms with Crippen LogP contribution < -0.4 is 10.1 Å². The van der Waals surface area contributed by atoms with Crippen molar-refractivity contribution in [3.8, 4) is 5.75 Å². The fourth-order valence-electron chi connectivity index (χ4n) is 1.74. The number of hydrogen-bond donors (Lipinski definition) is 1. The second-order valence-corrected chi connectivity index (χ2v) is 5.60. The molecular formula is C15H16INO. The summed E-state index contributed by atoms with van der Waals surface area (Å²) in [5, 5.41) is 3.35. The first-order chi connectivity index (χ1) is 8.70. The molecule has 0 saturated carbocycles. The zero-order valence-corrected chi connectivity index (χ0v) is 12.3. The molecule has 1 aromatic rings. The van der Waals surface area contributed by atoms with E-state index in [1.54, 1.807) is 6.08 Å². The lowest BCUT2D eigenvalue weighted by molar-refractivity contribution is 0.363. The number of alkyl halides is 1. The summed E-state index contributed by atoms with van der Waals surface area (Å²) in [6, 6.07) is 8.05. The Kier molecular flexibility index (Phi) is 4.47. The van der Waals surface area contributed by atoms with Crippen LogP contribution in [0.2, 0.25) is 0 Å². The van der Waals surface area contributed by atoms with E-state index in [0.29, 0.717) is 10.5 Å². The molecule has 0 aromatic heterocycles. The molecule has 1 aliphatic rings. The van der Waals surface area contributed by atoms with Gasteiger partial charge in [0.2, 0.25) is 0 Å². The van der Waals surface area contributed by atoms with Gasteiger partial charge in [-0.25, -0.2) is 0 Å². The third-order valence-electron chi connectivity index (χ3n) is 2.74. The highest BCUT2D eigenvalue weighted by molar-refractivity contribution is 14.1. The molecule has 0 aliphatic carbocycles. The number of allylic oxidation sites excluding steroid dienone is 2. The average molecular weight is 353 g/mol. The molecular weight excluding hydrogens is 337 g/mol. The van der Waals surface area contributed by atoms with E-state index < -0.39 is 0 Å². The third-order valence-corrected chi connectivity index (χ3v) is 4.00. The van der Waals surface area contributed by atoms with Gasteiger partial charge in [-0.05, 0) is 36.2 Å². The van der Waals surface area contributed by atoms with E-state index in [1.807, 2.05) is 12.1 Å². The maximum absolute atomic E-state index is 5.46. The fraction of sp³-hybridized carbons (Fsp3) is 0.200. The van der Waals surface area contributed by atoms with Crippen molar-refractivity contribution >= 4 is 28.3 Å². The van der Waals surface area contributed by atoms with Crippen molar-refractivity contribution in [2.75, 3.05) is 6.61 Å². The summed E-state index contributed by atoms with van der Waals surface area (Å²) in [5.41, 5.74) is 3.36. The van der Waals surface area contributed by atoms with Gasteiger partial charge in [-0.3, -0.25) is 0 Å². The molecule has 0 fully saturated rings. The maximum atomic E-state index is 5.46. The standard InChI is InChI=1S/C15H16INO/c1-3-10-18-13-6-4-12(5-7-13)15-9-8-14(16)11(2)17-15/h3-7,9,14,17H,1-2,8,10H2. The first-order valence-corrected chi connectivity index (χ1v) is 7.09. The van der Waals surface area contributed by atoms with Crippen LogP contribution in [0.5, 0.6) is 5.75 Å². The first-order valence-electron chi connectivity index (χ1n) is 5.85. The van der Waals surface area contributed by atoms with Crippen molar-refractivity contribution in [1.29, 1.82) is 0 Å². The van der Waals surface area contributed by atoms with Gasteiger partial charge in [0.15, 0.2) is 0 Å². The lowest BCUT2D eigenvalue weighted by atomic mass is 10.1. The van der Waals surface area contributed by atoms with Gasteiger partial charge in [-0.2, -0.15) is 0 Å². The molecule has 0 spiro atoms. The minimum atomic E-state index is 0.474. The number of ether oxygens (including phenoxy) is 1. The Balaban J connectivity index is 2.10. The van der Waals surface area contributed by atoms with Crippen molar-refractivity contribution < 1.29 is 4.74 Å². The Morgan fingerprint density at radius 2 is 2.11 bits per heavy atom. The van der Waals surface area contributed by atoms with E-state index >= 15 is 0 Å². The van der Waals surface area contributed by atoms with E-state index in [9.17, 15) is 0 Å². The summed E-state index contributed by atoms with van der Waals surface area (Å²) in [6.45, 7) is 8.20. The Bertz CT molecular complexity index is 476. The predicted molar refractivity (Wildman–Crippen MR) is 84.8 cm³/mol. The molecule has 18 heavy (non-hydrogen) atoms. The Morgan fingerprint density at radius 3 is 2.72 bits per heavy atom. The molecule has 1 aromatic carbocycles. The molecule has 0 radical (unpaired) electrons. The van der Waals surface area contributed by atoms with Crippen LogP contribution in [0.4, 0.5) is 0 Å². The molecule has 0 bridgehead atoms. The Morgan fingerprint density at radius 1 is 1.39 bits per heavy atom. The summed E-state index contributed by atoms with van der Waals surface area (Å²) >= 11 is 2.40. The quantitative estimate of drug-likeness (QED) is 0.504. The van der Waals surface area contributed by atoms with Crippen molar-refractivity contribution in [3.05, 3.63) is 60.8 Å². The number of halogens is 1. The summed E-state index contributed by atoms with van der Waals surface area (Å²) in [5.74, 6) is 0.862. The van der Waals surface area contributed by atoms with Crippen LogP contribution in [-0.4, -0.2) is 10.5 Å². The molecule has 1 N–H and O–H groups in total. The van der Waals surface area contributed by atoms with Crippen LogP contribution in [0.1, 0.15) is 12.0 Å². The van der Waals surface area contributed by atoms with E-state index in [0.717, 1.165) is 29.1 Å². The zero-order valence-electron chi connectivity index (χ0n) is 10.2. The van der Waals surface area contributed by atoms with Crippen molar-refractivity contribution in [2.45, 2.75) is 10.3 Å². The van der Waals surface area contributed by atoms with Gasteiger partial charge in [-0.1, -0.05) is 47.9 Å². The van der Waals surface area contributed by atoms with E-state index in [4.69, 9.17) is 4.74 Å². The second-order valence-electron chi connectivity index (χ2n) is 4.10. The van der Waals surface area contributed by atoms with Gasteiger partial charge in [0.1, 0.15) is 12.4 Å². The molecule has 0 saturated heterocycles. The van der Waals surface area contributed by atoms with Crippen molar-refractivity contribution in [2.24, 2.45) is 0 Å². The lowest BCUT2D eigenvalue weighted by Crippen LogP contribution is -2.22. The average Bonchev–Trinajstić information content (AvgIpc) is 2.40. The largest absolute Gasteiger partial charge is 0.490 e. The molecule has 94 valence electrons. The van der Waals surface area contributed by atoms with Crippen LogP contribution in [0, 0.1) is 0 Å². The molecule has 2 nitrogen and oxygen atoms in total. The number of nitrogens with one attached hydrogen (secondary N) is 1. The van der Waals surface area contributed by atoms with Gasteiger partial charge in [0.05, 0.1) is 3.92 Å². The maximum Gasteiger partial charge on any atom is 0.119 e. The number of hydrogen-bond acceptors (Lipinski definition) is 2. The van der Waals surface area contributed by atoms with E-state index in [2.05, 4.69) is 59.3 Å². The fourth-order valence-corrected chi connectivity index (χ4v) is 2.15. The van der Waals surface area contributed by atoms with Gasteiger partial charge in [0.25, 0.3) is 0 Å². The van der Waals surface area contributed by atoms with Crippen LogP contribution in [0.3, 0.4) is 0 Å². The monoisotopic (exact) mass is 353 g/mol. The summed E-state index contributed by atoms with van der Waals surface area (Å²) < 4.78 is 5.93. The van der Waals surface area contributed by atoms with Crippen molar-refractivity contribution in [3.63, 3.8) is 0 Å². The van der Waals surface area contributed by atoms with Crippen molar-refractivity contribution in [1.82, 2.24) is 5.32 Å². The first kappa shape index (κ1) is 13.2. The zero-order chi connectivity index (χ0) is 13.0. The lowest BCUT2D eigenvalue weighted by Gasteiger charge is -2.22. The van der Waals surface area contributed by atoms with Gasteiger partial charge in [-0.15, -0.1) is 0 Å². The van der Waals surface area contributed by atoms with E-state index in [-0.39, 0.29) is 0 Å². The summed E-state index contributed by atoms with van der Waals surface area (Å²) in [6.07, 6.45) is 4.98. The normalized spacial score (nSPS) is 18.8. The molecule has 1 unspecified atom stereocenters. The van der Waals surface area contributed by atoms with Crippen LogP contribution in [-0.2, 0) is 0 Å². The highest BCUT2D eigenvalue weighted by atomic mass is 127. The smallest absolute Gasteiger partial charge is 0.119 e. The van der Waals surface area contributed by atoms with Gasteiger partial charge in [0, 0.05) is 11.4 Å². The molecule has 1 aliphatic heterocycles. The molecule has 0 amide bonds.